The van der Waals surface area contributed by atoms with Gasteiger partial charge < -0.3 is 15.2 Å². The van der Waals surface area contributed by atoms with E-state index in [9.17, 15) is 4.79 Å². The molecular formula is C11H12N2O3. The molecule has 0 aliphatic carbocycles. The van der Waals surface area contributed by atoms with Crippen LogP contribution in [0.25, 0.3) is 0 Å². The molecule has 0 amide bonds. The smallest absolute Gasteiger partial charge is 0.340 e. The van der Waals surface area contributed by atoms with Crippen molar-refractivity contribution in [3.8, 4) is 11.8 Å². The van der Waals surface area contributed by atoms with Gasteiger partial charge in [-0.3, -0.25) is 0 Å². The predicted molar refractivity (Wildman–Crippen MR) is 58.1 cm³/mol. The first-order valence-corrected chi connectivity index (χ1v) is 4.68. The summed E-state index contributed by atoms with van der Waals surface area (Å²) in [6.45, 7) is 2.22. The van der Waals surface area contributed by atoms with Crippen molar-refractivity contribution in [2.45, 2.75) is 6.92 Å². The number of carbonyl (C=O) groups excluding carboxylic acids is 1. The molecule has 1 rings (SSSR count). The Balaban J connectivity index is 3.27. The van der Waals surface area contributed by atoms with Crippen LogP contribution in [0.1, 0.15) is 22.8 Å². The van der Waals surface area contributed by atoms with Crippen LogP contribution in [0.15, 0.2) is 12.1 Å². The molecule has 1 aromatic rings. The van der Waals surface area contributed by atoms with E-state index < -0.39 is 5.97 Å². The van der Waals surface area contributed by atoms with Gasteiger partial charge in [0, 0.05) is 11.8 Å². The number of nitrogens with two attached hydrogens (primary N) is 1. The van der Waals surface area contributed by atoms with Gasteiger partial charge in [-0.05, 0) is 13.0 Å². The van der Waals surface area contributed by atoms with Crippen LogP contribution >= 0.6 is 0 Å². The van der Waals surface area contributed by atoms with Crippen molar-refractivity contribution in [3.63, 3.8) is 0 Å². The fraction of sp³-hybridized carbons (Fsp3) is 0.273. The van der Waals surface area contributed by atoms with Crippen molar-refractivity contribution in [1.29, 1.82) is 5.26 Å². The van der Waals surface area contributed by atoms with Crippen molar-refractivity contribution in [1.82, 2.24) is 0 Å². The SMILES string of the molecule is CCOc1cc(N)c(C(=O)OC)cc1C#N. The van der Waals surface area contributed by atoms with E-state index in [0.29, 0.717) is 12.4 Å². The fourth-order valence-corrected chi connectivity index (χ4v) is 1.24. The molecular weight excluding hydrogens is 208 g/mol. The molecule has 16 heavy (non-hydrogen) atoms. The highest BCUT2D eigenvalue weighted by Gasteiger charge is 2.14. The summed E-state index contributed by atoms with van der Waals surface area (Å²) in [7, 11) is 1.25. The lowest BCUT2D eigenvalue weighted by atomic mass is 10.1. The van der Waals surface area contributed by atoms with Crippen molar-refractivity contribution < 1.29 is 14.3 Å². The normalized spacial score (nSPS) is 9.31. The first kappa shape index (κ1) is 11.9. The zero-order chi connectivity index (χ0) is 12.1. The molecule has 0 aliphatic rings. The average molecular weight is 220 g/mol. The number of nitrogen functional groups attached to an aromatic ring is 1. The molecule has 0 radical (unpaired) electrons. The molecule has 0 saturated carbocycles. The summed E-state index contributed by atoms with van der Waals surface area (Å²) in [5, 5.41) is 8.89. The van der Waals surface area contributed by atoms with Gasteiger partial charge >= 0.3 is 5.97 Å². The Bertz CT molecular complexity index is 449. The lowest BCUT2D eigenvalue weighted by Crippen LogP contribution is -2.07. The highest BCUT2D eigenvalue weighted by molar-refractivity contribution is 5.96. The third-order valence-electron chi connectivity index (χ3n) is 1.98. The summed E-state index contributed by atoms with van der Waals surface area (Å²) in [5.41, 5.74) is 6.32. The standard InChI is InChI=1S/C11H12N2O3/c1-3-16-10-5-9(13)8(11(14)15-2)4-7(10)6-12/h4-5H,3,13H2,1-2H3. The predicted octanol–water partition coefficient (Wildman–Crippen LogP) is 1.33. The second kappa shape index (κ2) is 5.03. The third kappa shape index (κ3) is 2.23. The van der Waals surface area contributed by atoms with Crippen LogP contribution < -0.4 is 10.5 Å². The molecule has 0 aromatic heterocycles. The molecule has 0 heterocycles. The van der Waals surface area contributed by atoms with Gasteiger partial charge in [-0.25, -0.2) is 4.79 Å². The number of rotatable bonds is 3. The minimum absolute atomic E-state index is 0.169. The number of carbonyl (C=O) groups is 1. The van der Waals surface area contributed by atoms with Gasteiger partial charge in [0.25, 0.3) is 0 Å². The summed E-state index contributed by atoms with van der Waals surface area (Å²) >= 11 is 0. The monoisotopic (exact) mass is 220 g/mol. The molecule has 1 aromatic carbocycles. The van der Waals surface area contributed by atoms with Gasteiger partial charge in [-0.15, -0.1) is 0 Å². The molecule has 0 bridgehead atoms. The number of benzene rings is 1. The van der Waals surface area contributed by atoms with Crippen LogP contribution in [-0.4, -0.2) is 19.7 Å². The third-order valence-corrected chi connectivity index (χ3v) is 1.98. The topological polar surface area (TPSA) is 85.3 Å². The van der Waals surface area contributed by atoms with E-state index >= 15 is 0 Å². The van der Waals surface area contributed by atoms with Crippen LogP contribution in [0.3, 0.4) is 0 Å². The molecule has 0 fully saturated rings. The molecule has 2 N–H and O–H groups in total. The van der Waals surface area contributed by atoms with Crippen LogP contribution in [0.4, 0.5) is 5.69 Å². The lowest BCUT2D eigenvalue weighted by Gasteiger charge is -2.09. The summed E-state index contributed by atoms with van der Waals surface area (Å²) in [6, 6.07) is 4.76. The summed E-state index contributed by atoms with van der Waals surface area (Å²) < 4.78 is 9.77. The lowest BCUT2D eigenvalue weighted by molar-refractivity contribution is 0.0602. The molecule has 0 unspecified atom stereocenters. The van der Waals surface area contributed by atoms with E-state index in [-0.39, 0.29) is 16.8 Å². The number of hydrogen-bond donors (Lipinski definition) is 1. The number of nitriles is 1. The van der Waals surface area contributed by atoms with E-state index in [1.807, 2.05) is 6.07 Å². The molecule has 0 saturated heterocycles. The van der Waals surface area contributed by atoms with Gasteiger partial charge in [0.1, 0.15) is 11.8 Å². The van der Waals surface area contributed by atoms with Gasteiger partial charge in [0.05, 0.1) is 24.8 Å². The Hall–Kier alpha value is -2.22. The van der Waals surface area contributed by atoms with Gasteiger partial charge in [-0.2, -0.15) is 5.26 Å². The second-order valence-corrected chi connectivity index (χ2v) is 2.97. The van der Waals surface area contributed by atoms with E-state index in [4.69, 9.17) is 15.7 Å². The number of anilines is 1. The number of methoxy groups -OCH3 is 1. The molecule has 0 atom stereocenters. The maximum atomic E-state index is 11.3. The Kier molecular flexibility index (Phi) is 3.72. The second-order valence-electron chi connectivity index (χ2n) is 2.97. The highest BCUT2D eigenvalue weighted by Crippen LogP contribution is 2.25. The van der Waals surface area contributed by atoms with Crippen LogP contribution in [0, 0.1) is 11.3 Å². The van der Waals surface area contributed by atoms with Crippen molar-refractivity contribution in [2.24, 2.45) is 0 Å². The average Bonchev–Trinajstić information content (AvgIpc) is 2.29. The summed E-state index contributed by atoms with van der Waals surface area (Å²) in [5.74, 6) is -0.202. The van der Waals surface area contributed by atoms with Crippen LogP contribution in [0.2, 0.25) is 0 Å². The van der Waals surface area contributed by atoms with Gasteiger partial charge in [0.2, 0.25) is 0 Å². The highest BCUT2D eigenvalue weighted by atomic mass is 16.5. The van der Waals surface area contributed by atoms with Crippen molar-refractivity contribution in [3.05, 3.63) is 23.3 Å². The van der Waals surface area contributed by atoms with Gasteiger partial charge in [-0.1, -0.05) is 0 Å². The number of nitrogens with zero attached hydrogens (tertiary/aromatic N) is 1. The van der Waals surface area contributed by atoms with E-state index in [0.717, 1.165) is 0 Å². The first-order valence-electron chi connectivity index (χ1n) is 4.68. The fourth-order valence-electron chi connectivity index (χ4n) is 1.24. The zero-order valence-electron chi connectivity index (χ0n) is 9.11. The van der Waals surface area contributed by atoms with E-state index in [1.165, 1.54) is 19.2 Å². The molecule has 0 spiro atoms. The Morgan fingerprint density at radius 1 is 1.56 bits per heavy atom. The minimum atomic E-state index is -0.572. The molecule has 84 valence electrons. The Morgan fingerprint density at radius 3 is 2.75 bits per heavy atom. The number of hydrogen-bond acceptors (Lipinski definition) is 5. The maximum Gasteiger partial charge on any atom is 0.340 e. The summed E-state index contributed by atoms with van der Waals surface area (Å²) in [4.78, 5) is 11.3. The van der Waals surface area contributed by atoms with Crippen molar-refractivity contribution in [2.75, 3.05) is 19.5 Å². The number of ether oxygens (including phenoxy) is 2. The van der Waals surface area contributed by atoms with Crippen molar-refractivity contribution >= 4 is 11.7 Å². The Morgan fingerprint density at radius 2 is 2.25 bits per heavy atom. The van der Waals surface area contributed by atoms with E-state index in [2.05, 4.69) is 4.74 Å². The quantitative estimate of drug-likeness (QED) is 0.613. The molecule has 5 nitrogen and oxygen atoms in total. The first-order chi connectivity index (χ1) is 7.63. The Labute approximate surface area is 93.4 Å². The minimum Gasteiger partial charge on any atom is -0.492 e. The molecule has 5 heteroatoms. The maximum absolute atomic E-state index is 11.3. The van der Waals surface area contributed by atoms with Crippen LogP contribution in [-0.2, 0) is 4.74 Å². The summed E-state index contributed by atoms with van der Waals surface area (Å²) in [6.07, 6.45) is 0. The zero-order valence-corrected chi connectivity index (χ0v) is 9.11. The van der Waals surface area contributed by atoms with Gasteiger partial charge in [0.15, 0.2) is 0 Å². The largest absolute Gasteiger partial charge is 0.492 e. The molecule has 0 aliphatic heterocycles. The van der Waals surface area contributed by atoms with Crippen LogP contribution in [0.5, 0.6) is 5.75 Å². The van der Waals surface area contributed by atoms with E-state index in [1.54, 1.807) is 6.92 Å². The number of esters is 1.